The summed E-state index contributed by atoms with van der Waals surface area (Å²) in [6.07, 6.45) is 0.184. The lowest BCUT2D eigenvalue weighted by atomic mass is 9.85. The molecule has 3 N–H and O–H groups in total. The van der Waals surface area contributed by atoms with E-state index in [2.05, 4.69) is 28.0 Å². The van der Waals surface area contributed by atoms with Gasteiger partial charge in [0.2, 0.25) is 15.9 Å². The van der Waals surface area contributed by atoms with Crippen molar-refractivity contribution >= 4 is 21.5 Å². The number of aryl methyl sites for hydroxylation is 1. The Kier molecular flexibility index (Phi) is 9.39. The summed E-state index contributed by atoms with van der Waals surface area (Å²) < 4.78 is 68.6. The average molecular weight is 612 g/mol. The third-order valence-corrected chi connectivity index (χ3v) is 9.50. The number of sulfonamides is 1. The molecule has 6 nitrogen and oxygen atoms in total. The van der Waals surface area contributed by atoms with Crippen LogP contribution in [0.15, 0.2) is 84.3 Å². The lowest BCUT2D eigenvalue weighted by Gasteiger charge is -2.28. The second-order valence-electron chi connectivity index (χ2n) is 11.4. The molecule has 0 radical (unpaired) electrons. The normalized spacial score (nSPS) is 17.6. The van der Waals surface area contributed by atoms with Gasteiger partial charge in [0.1, 0.15) is 0 Å². The molecule has 2 atom stereocenters. The number of hydrogen-bond acceptors (Lipinski definition) is 4. The summed E-state index contributed by atoms with van der Waals surface area (Å²) in [7, 11) is -4.38. The van der Waals surface area contributed by atoms with Crippen LogP contribution in [0, 0.1) is 5.92 Å². The molecule has 0 spiro atoms. The maximum Gasteiger partial charge on any atom is 0.416 e. The van der Waals surface area contributed by atoms with E-state index in [-0.39, 0.29) is 18.4 Å². The largest absolute Gasteiger partial charge is 0.416 e. The number of carbonyl (C=O) groups excluding carboxylic acids is 1. The molecule has 228 valence electrons. The van der Waals surface area contributed by atoms with Crippen LogP contribution in [-0.4, -0.2) is 27.4 Å². The molecule has 3 aromatic rings. The van der Waals surface area contributed by atoms with E-state index in [1.807, 2.05) is 12.1 Å². The molecule has 10 heteroatoms. The Morgan fingerprint density at radius 3 is 2.47 bits per heavy atom. The van der Waals surface area contributed by atoms with Crippen molar-refractivity contribution in [2.75, 3.05) is 13.1 Å². The van der Waals surface area contributed by atoms with Crippen LogP contribution in [0.1, 0.15) is 72.0 Å². The van der Waals surface area contributed by atoms with Gasteiger partial charge in [-0.25, -0.2) is 13.1 Å². The summed E-state index contributed by atoms with van der Waals surface area (Å²) in [4.78, 5) is 12.8. The van der Waals surface area contributed by atoms with Crippen molar-refractivity contribution in [3.63, 3.8) is 0 Å². The van der Waals surface area contributed by atoms with E-state index in [0.717, 1.165) is 78.7 Å². The molecule has 43 heavy (non-hydrogen) atoms. The molecule has 0 aliphatic heterocycles. The van der Waals surface area contributed by atoms with Crippen LogP contribution in [0.4, 0.5) is 13.2 Å². The van der Waals surface area contributed by atoms with Crippen LogP contribution in [0.2, 0.25) is 0 Å². The number of benzene rings is 3. The molecule has 0 aromatic heterocycles. The van der Waals surface area contributed by atoms with Crippen LogP contribution in [0.3, 0.4) is 0 Å². The fourth-order valence-electron chi connectivity index (χ4n) is 5.48. The van der Waals surface area contributed by atoms with Crippen molar-refractivity contribution < 1.29 is 26.4 Å². The first-order valence-corrected chi connectivity index (χ1v) is 16.0. The average Bonchev–Trinajstić information content (AvgIpc) is 3.81. The number of carbonyl (C=O) groups is 1. The van der Waals surface area contributed by atoms with Crippen molar-refractivity contribution in [2.45, 2.75) is 61.7 Å². The highest BCUT2D eigenvalue weighted by Gasteiger charge is 2.33. The summed E-state index contributed by atoms with van der Waals surface area (Å²) in [6.45, 7) is 5.98. The predicted molar refractivity (Wildman–Crippen MR) is 160 cm³/mol. The number of rotatable bonds is 12. The van der Waals surface area contributed by atoms with E-state index in [1.54, 1.807) is 30.3 Å². The van der Waals surface area contributed by atoms with Gasteiger partial charge in [0.25, 0.3) is 0 Å². The summed E-state index contributed by atoms with van der Waals surface area (Å²) in [6, 6.07) is 17.1. The lowest BCUT2D eigenvalue weighted by Crippen LogP contribution is -2.36. The zero-order chi connectivity index (χ0) is 30.6. The molecule has 2 aliphatic rings. The van der Waals surface area contributed by atoms with Crippen LogP contribution < -0.4 is 15.4 Å². The SMILES string of the molecule is C=C(CNCC1CC1)c1ccc2c(c1)CCC[C@H]2NC(=O)CC(NS(=O)(=O)c1cccc(C(F)(F)F)c1)c1ccccc1. The van der Waals surface area contributed by atoms with Crippen LogP contribution in [-0.2, 0) is 27.4 Å². The second kappa shape index (κ2) is 13.0. The minimum absolute atomic E-state index is 0.227. The first-order chi connectivity index (χ1) is 20.5. The number of fused-ring (bicyclic) bond motifs is 1. The molecule has 1 saturated carbocycles. The fourth-order valence-corrected chi connectivity index (χ4v) is 6.75. The van der Waals surface area contributed by atoms with E-state index < -0.39 is 32.7 Å². The maximum absolute atomic E-state index is 13.3. The number of nitrogens with one attached hydrogen (secondary N) is 3. The monoisotopic (exact) mass is 611 g/mol. The van der Waals surface area contributed by atoms with Crippen LogP contribution in [0.25, 0.3) is 5.57 Å². The highest BCUT2D eigenvalue weighted by atomic mass is 32.2. The van der Waals surface area contributed by atoms with E-state index in [4.69, 9.17) is 0 Å². The first-order valence-electron chi connectivity index (χ1n) is 14.5. The molecule has 0 heterocycles. The van der Waals surface area contributed by atoms with Gasteiger partial charge < -0.3 is 10.6 Å². The number of amides is 1. The zero-order valence-electron chi connectivity index (χ0n) is 23.8. The fraction of sp³-hybridized carbons (Fsp3) is 0.364. The summed E-state index contributed by atoms with van der Waals surface area (Å²) >= 11 is 0. The molecule has 1 unspecified atom stereocenters. The lowest BCUT2D eigenvalue weighted by molar-refractivity contribution is -0.137. The van der Waals surface area contributed by atoms with E-state index in [9.17, 15) is 26.4 Å². The van der Waals surface area contributed by atoms with Gasteiger partial charge >= 0.3 is 6.18 Å². The smallest absolute Gasteiger partial charge is 0.349 e. The van der Waals surface area contributed by atoms with Gasteiger partial charge in [-0.2, -0.15) is 13.2 Å². The molecule has 0 bridgehead atoms. The molecule has 2 aliphatic carbocycles. The second-order valence-corrected chi connectivity index (χ2v) is 13.1. The number of hydrogen-bond donors (Lipinski definition) is 3. The number of alkyl halides is 3. The van der Waals surface area contributed by atoms with E-state index >= 15 is 0 Å². The highest BCUT2D eigenvalue weighted by Crippen LogP contribution is 2.33. The van der Waals surface area contributed by atoms with E-state index in [0.29, 0.717) is 11.6 Å². The van der Waals surface area contributed by atoms with Gasteiger partial charge in [0.15, 0.2) is 0 Å². The predicted octanol–water partition coefficient (Wildman–Crippen LogP) is 6.32. The minimum atomic E-state index is -4.69. The third-order valence-electron chi connectivity index (χ3n) is 8.03. The van der Waals surface area contributed by atoms with Crippen molar-refractivity contribution in [3.8, 4) is 0 Å². The van der Waals surface area contributed by atoms with Gasteiger partial charge in [0, 0.05) is 13.0 Å². The van der Waals surface area contributed by atoms with Crippen LogP contribution >= 0.6 is 0 Å². The summed E-state index contributed by atoms with van der Waals surface area (Å²) in [5, 5.41) is 6.55. The van der Waals surface area contributed by atoms with Crippen molar-refractivity contribution in [1.82, 2.24) is 15.4 Å². The van der Waals surface area contributed by atoms with Gasteiger partial charge in [-0.3, -0.25) is 4.79 Å². The van der Waals surface area contributed by atoms with Gasteiger partial charge in [-0.1, -0.05) is 61.2 Å². The van der Waals surface area contributed by atoms with Gasteiger partial charge in [-0.05, 0) is 90.6 Å². The van der Waals surface area contributed by atoms with Gasteiger partial charge in [-0.15, -0.1) is 0 Å². The van der Waals surface area contributed by atoms with E-state index in [1.165, 1.54) is 12.8 Å². The Morgan fingerprint density at radius 2 is 1.74 bits per heavy atom. The topological polar surface area (TPSA) is 87.3 Å². The molecule has 1 fully saturated rings. The molecule has 3 aromatic carbocycles. The zero-order valence-corrected chi connectivity index (χ0v) is 24.6. The Bertz CT molecular complexity index is 1570. The maximum atomic E-state index is 13.3. The minimum Gasteiger partial charge on any atom is -0.349 e. The van der Waals surface area contributed by atoms with Crippen molar-refractivity contribution in [2.24, 2.45) is 5.92 Å². The summed E-state index contributed by atoms with van der Waals surface area (Å²) in [5.41, 5.74) is 3.73. The van der Waals surface area contributed by atoms with Crippen molar-refractivity contribution in [3.05, 3.63) is 107 Å². The quantitative estimate of drug-likeness (QED) is 0.224. The molecule has 5 rings (SSSR count). The molecule has 0 saturated heterocycles. The van der Waals surface area contributed by atoms with Crippen LogP contribution in [0.5, 0.6) is 0 Å². The van der Waals surface area contributed by atoms with Crippen molar-refractivity contribution in [1.29, 1.82) is 0 Å². The van der Waals surface area contributed by atoms with Gasteiger partial charge in [0.05, 0.1) is 22.5 Å². The highest BCUT2D eigenvalue weighted by molar-refractivity contribution is 7.89. The summed E-state index contributed by atoms with van der Waals surface area (Å²) in [5.74, 6) is 0.425. The Balaban J connectivity index is 1.29. The standard InChI is InChI=1S/C33H36F3N3O3S/c1-22(20-37-21-23-13-14-23)25-15-16-29-26(17-25)9-5-12-30(29)38-32(40)19-31(24-7-3-2-4-8-24)39-43(41,42)28-11-6-10-27(18-28)33(34,35)36/h2-4,6-8,10-11,15-18,23,30-31,37,39H,1,5,9,12-14,19-21H2,(H,38,40)/t30-,31?/m1/s1. The Morgan fingerprint density at radius 1 is 0.977 bits per heavy atom. The third kappa shape index (κ3) is 8.13. The number of halogens is 3. The first kappa shape index (κ1) is 31.0. The Labute approximate surface area is 250 Å². The Hall–Kier alpha value is -3.47. The molecule has 1 amide bonds. The molecular weight excluding hydrogens is 575 g/mol. The molecular formula is C33H36F3N3O3S.